The molecule has 162 valence electrons. The van der Waals surface area contributed by atoms with Crippen LogP contribution in [0.25, 0.3) is 10.9 Å². The number of pyridine rings is 1. The van der Waals surface area contributed by atoms with Gasteiger partial charge in [0, 0.05) is 58.0 Å². The number of aromatic nitrogens is 3. The summed E-state index contributed by atoms with van der Waals surface area (Å²) in [7, 11) is 0. The number of benzene rings is 2. The SMILES string of the molecule is Cc1cc(C)nc(Nc2cccc(C(=O)NCCNc3ccnc4cc(Cl)ccc34)c2)n1. The second-order valence-electron chi connectivity index (χ2n) is 7.38. The first-order valence-corrected chi connectivity index (χ1v) is 10.6. The zero-order chi connectivity index (χ0) is 22.5. The van der Waals surface area contributed by atoms with E-state index in [9.17, 15) is 4.79 Å². The molecule has 4 rings (SSSR count). The Morgan fingerprint density at radius 3 is 2.59 bits per heavy atom. The fraction of sp³-hybridized carbons (Fsp3) is 0.167. The van der Waals surface area contributed by atoms with E-state index in [2.05, 4.69) is 30.9 Å². The minimum absolute atomic E-state index is 0.150. The molecule has 0 saturated carbocycles. The number of carbonyl (C=O) groups is 1. The highest BCUT2D eigenvalue weighted by atomic mass is 35.5. The Bertz CT molecular complexity index is 1260. The van der Waals surface area contributed by atoms with Gasteiger partial charge in [-0.3, -0.25) is 9.78 Å². The van der Waals surface area contributed by atoms with Crippen LogP contribution < -0.4 is 16.0 Å². The van der Waals surface area contributed by atoms with Gasteiger partial charge >= 0.3 is 0 Å². The second kappa shape index (κ2) is 9.62. The van der Waals surface area contributed by atoms with Gasteiger partial charge in [-0.15, -0.1) is 0 Å². The molecule has 0 aliphatic rings. The molecule has 0 aliphatic carbocycles. The molecule has 0 bridgehead atoms. The van der Waals surface area contributed by atoms with Crippen LogP contribution in [0, 0.1) is 13.8 Å². The van der Waals surface area contributed by atoms with Crippen LogP contribution in [0.2, 0.25) is 5.02 Å². The van der Waals surface area contributed by atoms with Crippen LogP contribution in [0.15, 0.2) is 60.8 Å². The van der Waals surface area contributed by atoms with Gasteiger partial charge in [-0.1, -0.05) is 17.7 Å². The van der Waals surface area contributed by atoms with Crippen molar-refractivity contribution in [3.05, 3.63) is 82.8 Å². The maximum atomic E-state index is 12.6. The lowest BCUT2D eigenvalue weighted by Crippen LogP contribution is -2.28. The lowest BCUT2D eigenvalue weighted by molar-refractivity contribution is 0.0955. The molecule has 32 heavy (non-hydrogen) atoms. The average molecular weight is 447 g/mol. The normalized spacial score (nSPS) is 10.7. The molecule has 0 unspecified atom stereocenters. The van der Waals surface area contributed by atoms with E-state index in [1.54, 1.807) is 18.3 Å². The molecule has 0 saturated heterocycles. The van der Waals surface area contributed by atoms with E-state index in [0.29, 0.717) is 29.6 Å². The van der Waals surface area contributed by atoms with Gasteiger partial charge in [0.2, 0.25) is 5.95 Å². The van der Waals surface area contributed by atoms with Crippen molar-refractivity contribution in [2.24, 2.45) is 0 Å². The number of anilines is 3. The van der Waals surface area contributed by atoms with E-state index in [0.717, 1.165) is 33.7 Å². The van der Waals surface area contributed by atoms with Gasteiger partial charge in [0.1, 0.15) is 0 Å². The maximum Gasteiger partial charge on any atom is 0.251 e. The zero-order valence-corrected chi connectivity index (χ0v) is 18.6. The number of nitrogens with one attached hydrogen (secondary N) is 3. The lowest BCUT2D eigenvalue weighted by Gasteiger charge is -2.11. The topological polar surface area (TPSA) is 91.8 Å². The molecule has 0 radical (unpaired) electrons. The molecule has 0 fully saturated rings. The first kappa shape index (κ1) is 21.5. The highest BCUT2D eigenvalue weighted by Crippen LogP contribution is 2.24. The highest BCUT2D eigenvalue weighted by molar-refractivity contribution is 6.31. The van der Waals surface area contributed by atoms with Gasteiger partial charge in [-0.05, 0) is 62.4 Å². The minimum atomic E-state index is -0.150. The quantitative estimate of drug-likeness (QED) is 0.350. The fourth-order valence-corrected chi connectivity index (χ4v) is 3.57. The average Bonchev–Trinajstić information content (AvgIpc) is 2.76. The van der Waals surface area contributed by atoms with Crippen LogP contribution in [0.1, 0.15) is 21.7 Å². The lowest BCUT2D eigenvalue weighted by atomic mass is 10.2. The van der Waals surface area contributed by atoms with Gasteiger partial charge in [0.05, 0.1) is 5.52 Å². The van der Waals surface area contributed by atoms with Crippen LogP contribution in [0.3, 0.4) is 0 Å². The number of rotatable bonds is 7. The summed E-state index contributed by atoms with van der Waals surface area (Å²) in [4.78, 5) is 25.7. The summed E-state index contributed by atoms with van der Waals surface area (Å²) in [5.74, 6) is 0.360. The third kappa shape index (κ3) is 5.31. The van der Waals surface area contributed by atoms with Crippen molar-refractivity contribution in [3.63, 3.8) is 0 Å². The van der Waals surface area contributed by atoms with E-state index in [4.69, 9.17) is 11.6 Å². The zero-order valence-electron chi connectivity index (χ0n) is 17.8. The van der Waals surface area contributed by atoms with Crippen LogP contribution in [0.5, 0.6) is 0 Å². The van der Waals surface area contributed by atoms with Gasteiger partial charge in [0.25, 0.3) is 5.91 Å². The second-order valence-corrected chi connectivity index (χ2v) is 7.82. The molecule has 7 nitrogen and oxygen atoms in total. The summed E-state index contributed by atoms with van der Waals surface area (Å²) in [6, 6.07) is 16.7. The number of fused-ring (bicyclic) bond motifs is 1. The molecule has 1 amide bonds. The highest BCUT2D eigenvalue weighted by Gasteiger charge is 2.08. The molecule has 0 spiro atoms. The van der Waals surface area contributed by atoms with Crippen LogP contribution in [0.4, 0.5) is 17.3 Å². The molecule has 3 N–H and O–H groups in total. The molecular weight excluding hydrogens is 424 g/mol. The first-order valence-electron chi connectivity index (χ1n) is 10.2. The standard InChI is InChI=1S/C24H23ClN6O/c1-15-12-16(2)30-24(29-15)31-19-5-3-4-17(13-19)23(32)28-11-10-27-21-8-9-26-22-14-18(25)6-7-20(21)22/h3-9,12-14H,10-11H2,1-2H3,(H,26,27)(H,28,32)(H,29,30,31). The Kier molecular flexibility index (Phi) is 6.47. The Morgan fingerprint density at radius 1 is 0.969 bits per heavy atom. The molecule has 2 aromatic heterocycles. The smallest absolute Gasteiger partial charge is 0.251 e. The Labute approximate surface area is 191 Å². The fourth-order valence-electron chi connectivity index (χ4n) is 3.40. The van der Waals surface area contributed by atoms with Crippen molar-refractivity contribution in [2.45, 2.75) is 13.8 Å². The first-order chi connectivity index (χ1) is 15.5. The Balaban J connectivity index is 1.34. The Morgan fingerprint density at radius 2 is 1.78 bits per heavy atom. The third-order valence-electron chi connectivity index (χ3n) is 4.79. The van der Waals surface area contributed by atoms with Crippen molar-refractivity contribution in [1.29, 1.82) is 0 Å². The van der Waals surface area contributed by atoms with Crippen molar-refractivity contribution >= 4 is 45.7 Å². The minimum Gasteiger partial charge on any atom is -0.383 e. The number of hydrogen-bond acceptors (Lipinski definition) is 6. The number of nitrogens with zero attached hydrogens (tertiary/aromatic N) is 3. The van der Waals surface area contributed by atoms with Crippen molar-refractivity contribution in [3.8, 4) is 0 Å². The van der Waals surface area contributed by atoms with Crippen LogP contribution in [-0.4, -0.2) is 33.9 Å². The van der Waals surface area contributed by atoms with Gasteiger partial charge in [-0.2, -0.15) is 0 Å². The van der Waals surface area contributed by atoms with Crippen LogP contribution >= 0.6 is 11.6 Å². The molecule has 2 aromatic carbocycles. The van der Waals surface area contributed by atoms with Crippen LogP contribution in [-0.2, 0) is 0 Å². The number of carbonyl (C=O) groups excluding carboxylic acids is 1. The van der Waals surface area contributed by atoms with E-state index >= 15 is 0 Å². The maximum absolute atomic E-state index is 12.6. The summed E-state index contributed by atoms with van der Waals surface area (Å²) in [5.41, 5.74) is 4.84. The largest absolute Gasteiger partial charge is 0.383 e. The van der Waals surface area contributed by atoms with Crippen molar-refractivity contribution in [2.75, 3.05) is 23.7 Å². The van der Waals surface area contributed by atoms with Gasteiger partial charge < -0.3 is 16.0 Å². The summed E-state index contributed by atoms with van der Waals surface area (Å²) in [5, 5.41) is 11.1. The van der Waals surface area contributed by atoms with E-state index in [-0.39, 0.29) is 5.91 Å². The molecular formula is C24H23ClN6O. The number of amides is 1. The number of halogens is 1. The predicted molar refractivity (Wildman–Crippen MR) is 129 cm³/mol. The monoisotopic (exact) mass is 446 g/mol. The molecule has 0 aliphatic heterocycles. The molecule has 8 heteroatoms. The van der Waals surface area contributed by atoms with Crippen molar-refractivity contribution < 1.29 is 4.79 Å². The van der Waals surface area contributed by atoms with Gasteiger partial charge in [0.15, 0.2) is 0 Å². The van der Waals surface area contributed by atoms with Crippen molar-refractivity contribution in [1.82, 2.24) is 20.3 Å². The number of aryl methyl sites for hydroxylation is 2. The summed E-state index contributed by atoms with van der Waals surface area (Å²) >= 11 is 6.04. The summed E-state index contributed by atoms with van der Waals surface area (Å²) in [6.07, 6.45) is 1.73. The predicted octanol–water partition coefficient (Wildman–Crippen LogP) is 4.88. The third-order valence-corrected chi connectivity index (χ3v) is 5.03. The number of hydrogen-bond donors (Lipinski definition) is 3. The van der Waals surface area contributed by atoms with E-state index in [1.807, 2.05) is 56.3 Å². The summed E-state index contributed by atoms with van der Waals surface area (Å²) in [6.45, 7) is 4.87. The molecule has 0 atom stereocenters. The molecule has 2 heterocycles. The van der Waals surface area contributed by atoms with Gasteiger partial charge in [-0.25, -0.2) is 9.97 Å². The Hall–Kier alpha value is -3.71. The summed E-state index contributed by atoms with van der Waals surface area (Å²) < 4.78 is 0. The van der Waals surface area contributed by atoms with E-state index in [1.165, 1.54) is 0 Å². The van der Waals surface area contributed by atoms with E-state index < -0.39 is 0 Å². The molecule has 4 aromatic rings.